The van der Waals surface area contributed by atoms with Crippen molar-refractivity contribution < 1.29 is 46.7 Å². The standard InChI is InChI=1S/C23H32BrFN5O9P/c1-12(2)37-15(31)5-7-27-20(33)17-22(3,4)10-36-40(34,39-17)35-9-14-16(32)23(24,25)21(38-14)30-8-6-13-18(26)28-11-29-19(13)30/h6,8,11-12,14,16-17,21,32H,5,7,9-10H2,1-4H3,(H,27,33)(H2,26,28,29)/t14-,16?,17+,21-,23-,40?/m1/s1. The number of amides is 1. The van der Waals surface area contributed by atoms with Crippen LogP contribution in [0.4, 0.5) is 10.2 Å². The van der Waals surface area contributed by atoms with Crippen molar-refractivity contribution in [3.05, 3.63) is 18.6 Å². The highest BCUT2D eigenvalue weighted by Gasteiger charge is 2.58. The van der Waals surface area contributed by atoms with E-state index in [1.54, 1.807) is 33.8 Å². The quantitative estimate of drug-likeness (QED) is 0.204. The van der Waals surface area contributed by atoms with Gasteiger partial charge >= 0.3 is 13.8 Å². The second-order valence-electron chi connectivity index (χ2n) is 10.4. The minimum absolute atomic E-state index is 0.0235. The Kier molecular flexibility index (Phi) is 8.91. The number of nitrogens with zero attached hydrogens (tertiary/aromatic N) is 3. The van der Waals surface area contributed by atoms with E-state index in [-0.39, 0.29) is 37.1 Å². The average Bonchev–Trinajstić information content (AvgIpc) is 3.38. The third kappa shape index (κ3) is 6.32. The molecule has 2 aromatic rings. The SMILES string of the molecule is CC(C)OC(=O)CCNC(=O)[C@@H]1OP(=O)(OC[C@H]2O[C@@H](n3ccc4c(N)ncnc43)[C@@](F)(Br)C2O)OCC1(C)C. The van der Waals surface area contributed by atoms with Crippen molar-refractivity contribution in [2.24, 2.45) is 5.41 Å². The summed E-state index contributed by atoms with van der Waals surface area (Å²) >= 11 is 2.90. The molecule has 14 nitrogen and oxygen atoms in total. The molecule has 0 radical (unpaired) electrons. The normalized spacial score (nSPS) is 31.9. The second kappa shape index (κ2) is 11.6. The van der Waals surface area contributed by atoms with Crippen molar-refractivity contribution in [1.29, 1.82) is 0 Å². The average molecular weight is 652 g/mol. The lowest BCUT2D eigenvalue weighted by Crippen LogP contribution is -2.50. The third-order valence-electron chi connectivity index (χ3n) is 6.34. The molecule has 2 aliphatic heterocycles. The number of aromatic nitrogens is 3. The third-order valence-corrected chi connectivity index (χ3v) is 8.58. The van der Waals surface area contributed by atoms with Gasteiger partial charge in [0.15, 0.2) is 12.3 Å². The first-order valence-corrected chi connectivity index (χ1v) is 14.7. The van der Waals surface area contributed by atoms with Crippen LogP contribution in [0.1, 0.15) is 40.3 Å². The largest absolute Gasteiger partial charge is 0.475 e. The predicted molar refractivity (Wildman–Crippen MR) is 142 cm³/mol. The molecule has 0 spiro atoms. The van der Waals surface area contributed by atoms with Crippen LogP contribution < -0.4 is 11.1 Å². The molecule has 6 atom stereocenters. The molecule has 0 saturated carbocycles. The van der Waals surface area contributed by atoms with Gasteiger partial charge in [-0.05, 0) is 35.8 Å². The molecule has 2 fully saturated rings. The maximum atomic E-state index is 15.7. The number of halogens is 2. The number of hydrogen-bond donors (Lipinski definition) is 3. The van der Waals surface area contributed by atoms with Crippen molar-refractivity contribution >= 4 is 52.5 Å². The van der Waals surface area contributed by atoms with Gasteiger partial charge in [0, 0.05) is 18.2 Å². The lowest BCUT2D eigenvalue weighted by atomic mass is 9.87. The summed E-state index contributed by atoms with van der Waals surface area (Å²) < 4.78 is 54.8. The Morgan fingerprint density at radius 2 is 2.12 bits per heavy atom. The van der Waals surface area contributed by atoms with E-state index in [9.17, 15) is 19.3 Å². The van der Waals surface area contributed by atoms with Crippen molar-refractivity contribution in [3.63, 3.8) is 0 Å². The molecule has 2 aromatic heterocycles. The molecule has 1 amide bonds. The number of anilines is 1. The first kappa shape index (κ1) is 30.8. The summed E-state index contributed by atoms with van der Waals surface area (Å²) in [4.78, 5) is 32.6. The Bertz CT molecular complexity index is 1310. The number of nitrogens with one attached hydrogen (secondary N) is 1. The number of alkyl halides is 2. The van der Waals surface area contributed by atoms with Gasteiger partial charge in [0.2, 0.25) is 10.5 Å². The summed E-state index contributed by atoms with van der Waals surface area (Å²) in [6.07, 6.45) is -3.42. The van der Waals surface area contributed by atoms with Gasteiger partial charge in [-0.3, -0.25) is 23.2 Å². The van der Waals surface area contributed by atoms with E-state index in [1.165, 1.54) is 17.1 Å². The highest BCUT2D eigenvalue weighted by molar-refractivity contribution is 9.10. The first-order valence-electron chi connectivity index (χ1n) is 12.5. The molecule has 0 bridgehead atoms. The van der Waals surface area contributed by atoms with Crippen LogP contribution in [-0.4, -0.2) is 80.3 Å². The van der Waals surface area contributed by atoms with Gasteiger partial charge in [-0.15, -0.1) is 0 Å². The monoisotopic (exact) mass is 651 g/mol. The van der Waals surface area contributed by atoms with Crippen molar-refractivity contribution in [2.75, 3.05) is 25.5 Å². The summed E-state index contributed by atoms with van der Waals surface area (Å²) in [5.41, 5.74) is 5.22. The maximum absolute atomic E-state index is 15.7. The van der Waals surface area contributed by atoms with Gasteiger partial charge in [-0.2, -0.15) is 0 Å². The number of nitrogens with two attached hydrogens (primary N) is 1. The molecule has 17 heteroatoms. The topological polar surface area (TPSA) is 186 Å². The molecule has 4 N–H and O–H groups in total. The van der Waals surface area contributed by atoms with Crippen LogP contribution in [0.5, 0.6) is 0 Å². The van der Waals surface area contributed by atoms with E-state index in [0.717, 1.165) is 0 Å². The Labute approximate surface area is 237 Å². The van der Waals surface area contributed by atoms with Crippen LogP contribution >= 0.6 is 23.8 Å². The van der Waals surface area contributed by atoms with Crippen LogP contribution in [-0.2, 0) is 37.2 Å². The number of carbonyl (C=O) groups is 2. The molecule has 4 rings (SSSR count). The number of nitrogen functional groups attached to an aromatic ring is 1. The molecule has 40 heavy (non-hydrogen) atoms. The molecule has 4 heterocycles. The van der Waals surface area contributed by atoms with E-state index in [4.69, 9.17) is 28.8 Å². The van der Waals surface area contributed by atoms with Crippen LogP contribution in [0.3, 0.4) is 0 Å². The maximum Gasteiger partial charge on any atom is 0.475 e. The fraction of sp³-hybridized carbons (Fsp3) is 0.652. The molecular formula is C23H32BrFN5O9P. The lowest BCUT2D eigenvalue weighted by Gasteiger charge is -2.39. The summed E-state index contributed by atoms with van der Waals surface area (Å²) in [6, 6.07) is 1.58. The molecule has 2 aliphatic rings. The fourth-order valence-corrected chi connectivity index (χ4v) is 6.53. The number of aliphatic hydroxyl groups is 1. The van der Waals surface area contributed by atoms with E-state index < -0.39 is 60.8 Å². The highest BCUT2D eigenvalue weighted by Crippen LogP contribution is 2.58. The van der Waals surface area contributed by atoms with Gasteiger partial charge in [0.05, 0.1) is 31.1 Å². The second-order valence-corrected chi connectivity index (χ2v) is 13.3. The fourth-order valence-electron chi connectivity index (χ4n) is 4.25. The number of carbonyl (C=O) groups excluding carboxylic acids is 2. The van der Waals surface area contributed by atoms with Crippen LogP contribution in [0, 0.1) is 5.41 Å². The number of rotatable bonds is 9. The van der Waals surface area contributed by atoms with Gasteiger partial charge in [-0.1, -0.05) is 13.8 Å². The summed E-state index contributed by atoms with van der Waals surface area (Å²) in [5, 5.41) is 13.7. The molecule has 0 aliphatic carbocycles. The molecule has 222 valence electrons. The number of phosphoric ester groups is 1. The van der Waals surface area contributed by atoms with E-state index >= 15 is 4.39 Å². The number of phosphoric acid groups is 1. The summed E-state index contributed by atoms with van der Waals surface area (Å²) in [7, 11) is -4.34. The van der Waals surface area contributed by atoms with E-state index in [0.29, 0.717) is 5.39 Å². The van der Waals surface area contributed by atoms with E-state index in [2.05, 4.69) is 31.2 Å². The Hall–Kier alpha value is -2.20. The molecular weight excluding hydrogens is 620 g/mol. The van der Waals surface area contributed by atoms with Gasteiger partial charge in [-0.25, -0.2) is 18.9 Å². The van der Waals surface area contributed by atoms with E-state index in [1.807, 2.05) is 0 Å². The number of hydrogen-bond acceptors (Lipinski definition) is 12. The summed E-state index contributed by atoms with van der Waals surface area (Å²) in [6.45, 7) is 5.96. The van der Waals surface area contributed by atoms with Crippen molar-refractivity contribution in [3.8, 4) is 0 Å². The first-order chi connectivity index (χ1) is 18.6. The van der Waals surface area contributed by atoms with Crippen LogP contribution in [0.2, 0.25) is 0 Å². The molecule has 0 aromatic carbocycles. The van der Waals surface area contributed by atoms with Crippen molar-refractivity contribution in [1.82, 2.24) is 19.9 Å². The lowest BCUT2D eigenvalue weighted by molar-refractivity contribution is -0.147. The Balaban J connectivity index is 1.40. The van der Waals surface area contributed by atoms with Gasteiger partial charge in [0.25, 0.3) is 0 Å². The molecule has 2 saturated heterocycles. The number of ether oxygens (including phenoxy) is 2. The summed E-state index contributed by atoms with van der Waals surface area (Å²) in [5.74, 6) is -0.928. The van der Waals surface area contributed by atoms with Gasteiger partial charge in [0.1, 0.15) is 30.0 Å². The number of esters is 1. The minimum atomic E-state index is -4.34. The smallest absolute Gasteiger partial charge is 0.463 e. The minimum Gasteiger partial charge on any atom is -0.463 e. The van der Waals surface area contributed by atoms with Crippen LogP contribution in [0.25, 0.3) is 11.0 Å². The Morgan fingerprint density at radius 1 is 1.40 bits per heavy atom. The molecule has 2 unspecified atom stereocenters. The van der Waals surface area contributed by atoms with Crippen LogP contribution in [0.15, 0.2) is 18.6 Å². The zero-order valence-corrected chi connectivity index (χ0v) is 24.8. The zero-order valence-electron chi connectivity index (χ0n) is 22.3. The predicted octanol–water partition coefficient (Wildman–Crippen LogP) is 2.36. The Morgan fingerprint density at radius 3 is 2.83 bits per heavy atom. The zero-order chi connectivity index (χ0) is 29.5. The number of aliphatic hydroxyl groups excluding tert-OH is 1. The van der Waals surface area contributed by atoms with Crippen molar-refractivity contribution in [2.45, 2.75) is 69.3 Å². The highest BCUT2D eigenvalue weighted by atomic mass is 79.9. The van der Waals surface area contributed by atoms with Gasteiger partial charge < -0.3 is 30.2 Å². The number of fused-ring (bicyclic) bond motifs is 1.